The van der Waals surface area contributed by atoms with Crippen LogP contribution in [0.25, 0.3) is 0 Å². The van der Waals surface area contributed by atoms with E-state index in [1.54, 1.807) is 6.20 Å². The number of hydrogen-bond acceptors (Lipinski definition) is 3. The first-order valence-corrected chi connectivity index (χ1v) is 9.59. The molecule has 2 N–H and O–H groups in total. The van der Waals surface area contributed by atoms with Gasteiger partial charge in [-0.2, -0.15) is 5.10 Å². The summed E-state index contributed by atoms with van der Waals surface area (Å²) in [6.45, 7) is 0. The molecule has 1 aromatic carbocycles. The second-order valence-electron chi connectivity index (χ2n) is 7.14. The highest BCUT2D eigenvalue weighted by molar-refractivity contribution is 5.77. The van der Waals surface area contributed by atoms with Gasteiger partial charge in [-0.15, -0.1) is 0 Å². The Bertz CT molecular complexity index is 912. The fourth-order valence-corrected chi connectivity index (χ4v) is 3.82. The number of nitrogens with zero attached hydrogens (tertiary/aromatic N) is 3. The minimum absolute atomic E-state index is 0.0133. The maximum Gasteiger partial charge on any atom is 0.221 e. The second kappa shape index (κ2) is 7.78. The van der Waals surface area contributed by atoms with E-state index in [1.807, 2.05) is 48.1 Å². The highest BCUT2D eigenvalue weighted by Crippen LogP contribution is 2.24. The minimum atomic E-state index is -0.258. The largest absolute Gasteiger partial charge is 0.342 e. The van der Waals surface area contributed by atoms with Gasteiger partial charge in [0.15, 0.2) is 0 Å². The van der Waals surface area contributed by atoms with Gasteiger partial charge in [-0.25, -0.2) is 4.98 Å². The summed E-state index contributed by atoms with van der Waals surface area (Å²) in [6, 6.07) is 9.71. The van der Waals surface area contributed by atoms with Crippen molar-refractivity contribution in [3.8, 4) is 0 Å². The second-order valence-corrected chi connectivity index (χ2v) is 7.14. The van der Waals surface area contributed by atoms with Crippen molar-refractivity contribution >= 4 is 5.91 Å². The van der Waals surface area contributed by atoms with Gasteiger partial charge in [-0.05, 0) is 36.8 Å². The average molecular weight is 363 g/mol. The summed E-state index contributed by atoms with van der Waals surface area (Å²) in [5.74, 6) is 0.839. The molecule has 0 bridgehead atoms. The van der Waals surface area contributed by atoms with Gasteiger partial charge in [-0.1, -0.05) is 30.3 Å². The van der Waals surface area contributed by atoms with Crippen LogP contribution in [-0.4, -0.2) is 25.7 Å². The zero-order chi connectivity index (χ0) is 18.6. The number of H-pyrrole nitrogens is 1. The first-order chi connectivity index (χ1) is 13.2. The Labute approximate surface area is 159 Å². The minimum Gasteiger partial charge on any atom is -0.342 e. The van der Waals surface area contributed by atoms with Gasteiger partial charge >= 0.3 is 0 Å². The number of aromatic nitrogens is 4. The van der Waals surface area contributed by atoms with Crippen LogP contribution in [0.4, 0.5) is 0 Å². The number of benzene rings is 1. The molecule has 0 fully saturated rings. The normalized spacial score (nSPS) is 14.6. The molecule has 0 radical (unpaired) electrons. The lowest BCUT2D eigenvalue weighted by atomic mass is 9.94. The van der Waals surface area contributed by atoms with Gasteiger partial charge in [0.1, 0.15) is 11.9 Å². The Morgan fingerprint density at radius 3 is 2.85 bits per heavy atom. The van der Waals surface area contributed by atoms with Gasteiger partial charge in [0.2, 0.25) is 5.91 Å². The van der Waals surface area contributed by atoms with E-state index >= 15 is 0 Å². The smallest absolute Gasteiger partial charge is 0.221 e. The SMILES string of the molecule is Cn1ccnc1[C@H](NC(=O)CCc1n[nH]c2c1CCCC2)c1ccccc1. The van der Waals surface area contributed by atoms with Crippen LogP contribution >= 0.6 is 0 Å². The molecule has 27 heavy (non-hydrogen) atoms. The number of fused-ring (bicyclic) bond motifs is 1. The summed E-state index contributed by atoms with van der Waals surface area (Å²) in [7, 11) is 1.94. The Kier molecular flexibility index (Phi) is 5.05. The van der Waals surface area contributed by atoms with Crippen molar-refractivity contribution in [1.82, 2.24) is 25.1 Å². The Balaban J connectivity index is 1.46. The fraction of sp³-hybridized carbons (Fsp3) is 0.381. The summed E-state index contributed by atoms with van der Waals surface area (Å²) in [5.41, 5.74) is 4.66. The molecule has 2 aromatic heterocycles. The van der Waals surface area contributed by atoms with Crippen molar-refractivity contribution in [3.63, 3.8) is 0 Å². The molecule has 1 amide bonds. The first kappa shape index (κ1) is 17.5. The molecule has 0 spiro atoms. The number of amides is 1. The molecule has 1 aliphatic carbocycles. The molecule has 1 aliphatic rings. The van der Waals surface area contributed by atoms with Crippen LogP contribution in [0.3, 0.4) is 0 Å². The summed E-state index contributed by atoms with van der Waals surface area (Å²) in [4.78, 5) is 17.2. The Morgan fingerprint density at radius 1 is 1.26 bits per heavy atom. The molecule has 2 heterocycles. The standard InChI is InChI=1S/C21H25N5O/c1-26-14-13-22-21(26)20(15-7-3-2-4-8-15)23-19(27)12-11-18-16-9-5-6-10-17(16)24-25-18/h2-4,7-8,13-14,20H,5-6,9-12H2,1H3,(H,23,27)(H,24,25)/t20-/m1/s1. The Hall–Kier alpha value is -2.89. The van der Waals surface area contributed by atoms with Crippen molar-refractivity contribution in [3.05, 3.63) is 71.1 Å². The zero-order valence-electron chi connectivity index (χ0n) is 15.6. The molecule has 1 atom stereocenters. The van der Waals surface area contributed by atoms with Crippen molar-refractivity contribution in [1.29, 1.82) is 0 Å². The third kappa shape index (κ3) is 3.79. The van der Waals surface area contributed by atoms with Gasteiger partial charge in [0.25, 0.3) is 0 Å². The predicted molar refractivity (Wildman–Crippen MR) is 103 cm³/mol. The van der Waals surface area contributed by atoms with Crippen molar-refractivity contribution in [2.45, 2.75) is 44.6 Å². The van der Waals surface area contributed by atoms with E-state index in [9.17, 15) is 4.79 Å². The third-order valence-electron chi connectivity index (χ3n) is 5.29. The highest BCUT2D eigenvalue weighted by Gasteiger charge is 2.22. The van der Waals surface area contributed by atoms with Crippen LogP contribution in [0.1, 0.15) is 53.6 Å². The third-order valence-corrected chi connectivity index (χ3v) is 5.29. The first-order valence-electron chi connectivity index (χ1n) is 9.59. The van der Waals surface area contributed by atoms with Crippen LogP contribution in [0.15, 0.2) is 42.7 Å². The molecule has 0 unspecified atom stereocenters. The lowest BCUT2D eigenvalue weighted by molar-refractivity contribution is -0.121. The number of carbonyl (C=O) groups is 1. The lowest BCUT2D eigenvalue weighted by Gasteiger charge is -2.19. The summed E-state index contributed by atoms with van der Waals surface area (Å²) < 4.78 is 1.95. The van der Waals surface area contributed by atoms with Crippen molar-refractivity contribution < 1.29 is 4.79 Å². The number of rotatable bonds is 6. The van der Waals surface area contributed by atoms with E-state index < -0.39 is 0 Å². The van der Waals surface area contributed by atoms with Crippen LogP contribution in [0.5, 0.6) is 0 Å². The number of carbonyl (C=O) groups excluding carboxylic acids is 1. The fourth-order valence-electron chi connectivity index (χ4n) is 3.82. The van der Waals surface area contributed by atoms with Gasteiger partial charge < -0.3 is 9.88 Å². The molecule has 140 valence electrons. The number of aromatic amines is 1. The molecule has 0 aliphatic heterocycles. The van der Waals surface area contributed by atoms with Crippen molar-refractivity contribution in [2.24, 2.45) is 7.05 Å². The van der Waals surface area contributed by atoms with Gasteiger partial charge in [-0.3, -0.25) is 9.89 Å². The van der Waals surface area contributed by atoms with Crippen LogP contribution in [0.2, 0.25) is 0 Å². The highest BCUT2D eigenvalue weighted by atomic mass is 16.1. The summed E-state index contributed by atoms with van der Waals surface area (Å²) in [6.07, 6.45) is 9.32. The lowest BCUT2D eigenvalue weighted by Crippen LogP contribution is -2.31. The van der Waals surface area contributed by atoms with E-state index in [0.29, 0.717) is 12.8 Å². The predicted octanol–water partition coefficient (Wildman–Crippen LogP) is 2.86. The van der Waals surface area contributed by atoms with Gasteiger partial charge in [0, 0.05) is 38.0 Å². The molecular formula is C21H25N5O. The van der Waals surface area contributed by atoms with E-state index in [1.165, 1.54) is 24.1 Å². The molecule has 0 saturated heterocycles. The molecular weight excluding hydrogens is 338 g/mol. The summed E-state index contributed by atoms with van der Waals surface area (Å²) in [5, 5.41) is 10.8. The Morgan fingerprint density at radius 2 is 2.07 bits per heavy atom. The molecule has 6 heteroatoms. The van der Waals surface area contributed by atoms with Crippen LogP contribution < -0.4 is 5.32 Å². The van der Waals surface area contributed by atoms with Crippen LogP contribution in [-0.2, 0) is 31.1 Å². The summed E-state index contributed by atoms with van der Waals surface area (Å²) >= 11 is 0. The zero-order valence-corrected chi connectivity index (χ0v) is 15.6. The molecule has 4 rings (SSSR count). The number of nitrogens with one attached hydrogen (secondary N) is 2. The maximum atomic E-state index is 12.7. The van der Waals surface area contributed by atoms with E-state index in [0.717, 1.165) is 29.9 Å². The van der Waals surface area contributed by atoms with Gasteiger partial charge in [0.05, 0.1) is 5.69 Å². The molecule has 6 nitrogen and oxygen atoms in total. The van der Waals surface area contributed by atoms with E-state index in [-0.39, 0.29) is 11.9 Å². The number of imidazole rings is 1. The van der Waals surface area contributed by atoms with Crippen LogP contribution in [0, 0.1) is 0 Å². The maximum absolute atomic E-state index is 12.7. The number of aryl methyl sites for hydroxylation is 3. The monoisotopic (exact) mass is 363 g/mol. The average Bonchev–Trinajstić information content (AvgIpc) is 3.31. The van der Waals surface area contributed by atoms with Crippen molar-refractivity contribution in [2.75, 3.05) is 0 Å². The topological polar surface area (TPSA) is 75.6 Å². The van der Waals surface area contributed by atoms with E-state index in [2.05, 4.69) is 20.5 Å². The molecule has 3 aromatic rings. The van der Waals surface area contributed by atoms with E-state index in [4.69, 9.17) is 0 Å². The quantitative estimate of drug-likeness (QED) is 0.707. The molecule has 0 saturated carbocycles. The number of hydrogen-bond donors (Lipinski definition) is 2.